The van der Waals surface area contributed by atoms with Crippen LogP contribution in [0.4, 0.5) is 4.79 Å². The van der Waals surface area contributed by atoms with Gasteiger partial charge in [-0.15, -0.1) is 0 Å². The summed E-state index contributed by atoms with van der Waals surface area (Å²) in [4.78, 5) is 32.6. The molecular formula is C13H14ClNO5. The molecule has 7 heteroatoms. The number of hydrogen-bond donors (Lipinski definition) is 0. The number of hydrogen-bond acceptors (Lipinski definition) is 5. The first-order chi connectivity index (χ1) is 9.49. The van der Waals surface area contributed by atoms with Gasteiger partial charge in [0, 0.05) is 6.92 Å². The van der Waals surface area contributed by atoms with E-state index in [-0.39, 0.29) is 25.1 Å². The first kappa shape index (κ1) is 16.0. The molecule has 2 rings (SSSR count). The molecule has 1 aromatic carbocycles. The summed E-state index contributed by atoms with van der Waals surface area (Å²) in [5.41, 5.74) is 0.905. The predicted octanol–water partition coefficient (Wildman–Crippen LogP) is 1.91. The lowest BCUT2D eigenvalue weighted by Crippen LogP contribution is -2.29. The van der Waals surface area contributed by atoms with Crippen molar-refractivity contribution < 1.29 is 23.9 Å². The van der Waals surface area contributed by atoms with Crippen LogP contribution in [0.1, 0.15) is 12.5 Å². The summed E-state index contributed by atoms with van der Waals surface area (Å²) in [5, 5.41) is -0.361. The van der Waals surface area contributed by atoms with Gasteiger partial charge in [0.25, 0.3) is 0 Å². The fourth-order valence-electron chi connectivity index (χ4n) is 1.32. The highest BCUT2D eigenvalue weighted by molar-refractivity contribution is 6.62. The quantitative estimate of drug-likeness (QED) is 0.616. The van der Waals surface area contributed by atoms with Crippen LogP contribution in [0.3, 0.4) is 0 Å². The minimum Gasteiger partial charge on any atom is -0.444 e. The minimum absolute atomic E-state index is 0.0214. The zero-order valence-corrected chi connectivity index (χ0v) is 11.6. The summed E-state index contributed by atoms with van der Waals surface area (Å²) in [5.74, 6) is -0.406. The highest BCUT2D eigenvalue weighted by atomic mass is 35.5. The molecule has 0 spiro atoms. The number of carbonyl (C=O) groups excluding carboxylic acids is 3. The van der Waals surface area contributed by atoms with Gasteiger partial charge >= 0.3 is 12.1 Å². The number of nitrogens with zero attached hydrogens (tertiary/aromatic N) is 1. The van der Waals surface area contributed by atoms with Crippen LogP contribution in [-0.4, -0.2) is 35.5 Å². The second-order valence-electron chi connectivity index (χ2n) is 3.85. The van der Waals surface area contributed by atoms with Gasteiger partial charge in [-0.25, -0.2) is 4.79 Å². The van der Waals surface area contributed by atoms with Crippen molar-refractivity contribution in [2.24, 2.45) is 0 Å². The van der Waals surface area contributed by atoms with Gasteiger partial charge in [0.1, 0.15) is 13.2 Å². The van der Waals surface area contributed by atoms with Crippen LogP contribution in [0, 0.1) is 0 Å². The molecule has 1 fully saturated rings. The van der Waals surface area contributed by atoms with E-state index in [9.17, 15) is 14.4 Å². The number of carbonyl (C=O) groups is 3. The molecule has 0 atom stereocenters. The number of halogens is 1. The van der Waals surface area contributed by atoms with Gasteiger partial charge in [0.15, 0.2) is 6.73 Å². The van der Waals surface area contributed by atoms with Gasteiger partial charge in [-0.2, -0.15) is 0 Å². The van der Waals surface area contributed by atoms with Gasteiger partial charge in [0.2, 0.25) is 5.24 Å². The zero-order chi connectivity index (χ0) is 15.0. The second kappa shape index (κ2) is 8.16. The van der Waals surface area contributed by atoms with Gasteiger partial charge < -0.3 is 9.47 Å². The van der Waals surface area contributed by atoms with E-state index in [1.807, 2.05) is 30.3 Å². The molecule has 1 amide bonds. The van der Waals surface area contributed by atoms with Crippen LogP contribution >= 0.6 is 11.6 Å². The van der Waals surface area contributed by atoms with Crippen molar-refractivity contribution in [1.29, 1.82) is 0 Å². The van der Waals surface area contributed by atoms with E-state index in [4.69, 9.17) is 4.74 Å². The van der Waals surface area contributed by atoms with Crippen LogP contribution in [0.5, 0.6) is 0 Å². The minimum atomic E-state index is -0.533. The topological polar surface area (TPSA) is 72.9 Å². The van der Waals surface area contributed by atoms with Crippen LogP contribution in [-0.2, 0) is 25.7 Å². The van der Waals surface area contributed by atoms with Crippen molar-refractivity contribution >= 4 is 28.9 Å². The molecular weight excluding hydrogens is 286 g/mol. The maximum Gasteiger partial charge on any atom is 0.413 e. The Hall–Kier alpha value is -2.08. The second-order valence-corrected chi connectivity index (χ2v) is 4.39. The first-order valence-electron chi connectivity index (χ1n) is 5.76. The highest BCUT2D eigenvalue weighted by Crippen LogP contribution is 2.06. The predicted molar refractivity (Wildman–Crippen MR) is 70.8 cm³/mol. The van der Waals surface area contributed by atoms with Crippen molar-refractivity contribution in [3.05, 3.63) is 35.9 Å². The molecule has 0 aliphatic carbocycles. The van der Waals surface area contributed by atoms with Crippen molar-refractivity contribution in [1.82, 2.24) is 4.90 Å². The Bertz CT molecular complexity index is 473. The Morgan fingerprint density at radius 2 is 1.95 bits per heavy atom. The molecule has 1 heterocycles. The zero-order valence-electron chi connectivity index (χ0n) is 10.9. The standard InChI is InChI=1S/C11H11NO4.C2H3ClO/c13-10-6-12(8-16-10)11(14)15-7-9-4-2-1-3-5-9;1-2(3)4/h1-5H,6-8H2;1H3. The van der Waals surface area contributed by atoms with Crippen molar-refractivity contribution in [3.63, 3.8) is 0 Å². The summed E-state index contributed by atoms with van der Waals surface area (Å²) in [6, 6.07) is 9.34. The van der Waals surface area contributed by atoms with Crippen LogP contribution in [0.25, 0.3) is 0 Å². The molecule has 0 aromatic heterocycles. The number of amides is 1. The van der Waals surface area contributed by atoms with Crippen molar-refractivity contribution in [2.75, 3.05) is 13.3 Å². The maximum atomic E-state index is 11.4. The molecule has 0 saturated carbocycles. The smallest absolute Gasteiger partial charge is 0.413 e. The van der Waals surface area contributed by atoms with Crippen molar-refractivity contribution in [3.8, 4) is 0 Å². The van der Waals surface area contributed by atoms with Crippen LogP contribution in [0.15, 0.2) is 30.3 Å². The number of esters is 1. The summed E-state index contributed by atoms with van der Waals surface area (Å²) in [6.45, 7) is 1.44. The number of cyclic esters (lactones) is 1. The van der Waals surface area contributed by atoms with Gasteiger partial charge in [-0.1, -0.05) is 30.3 Å². The van der Waals surface area contributed by atoms with E-state index >= 15 is 0 Å². The average molecular weight is 300 g/mol. The van der Waals surface area contributed by atoms with Crippen molar-refractivity contribution in [2.45, 2.75) is 13.5 Å². The van der Waals surface area contributed by atoms with Gasteiger partial charge in [0.05, 0.1) is 0 Å². The van der Waals surface area contributed by atoms with E-state index in [0.29, 0.717) is 0 Å². The third-order valence-corrected chi connectivity index (χ3v) is 2.16. The molecule has 0 bridgehead atoms. The lowest BCUT2D eigenvalue weighted by Gasteiger charge is -2.11. The fourth-order valence-corrected chi connectivity index (χ4v) is 1.32. The number of benzene rings is 1. The lowest BCUT2D eigenvalue weighted by atomic mass is 10.2. The van der Waals surface area contributed by atoms with Gasteiger partial charge in [-0.3, -0.25) is 14.5 Å². The summed E-state index contributed by atoms with van der Waals surface area (Å²) in [6.07, 6.45) is -0.533. The molecule has 6 nitrogen and oxygen atoms in total. The summed E-state index contributed by atoms with van der Waals surface area (Å²) in [7, 11) is 0. The summed E-state index contributed by atoms with van der Waals surface area (Å²) < 4.78 is 9.64. The Morgan fingerprint density at radius 1 is 1.35 bits per heavy atom. The number of ether oxygens (including phenoxy) is 2. The Labute approximate surface area is 121 Å². The first-order valence-corrected chi connectivity index (χ1v) is 6.14. The third kappa shape index (κ3) is 6.19. The number of rotatable bonds is 2. The largest absolute Gasteiger partial charge is 0.444 e. The molecule has 20 heavy (non-hydrogen) atoms. The van der Waals surface area contributed by atoms with Crippen LogP contribution < -0.4 is 0 Å². The van der Waals surface area contributed by atoms with E-state index < -0.39 is 12.1 Å². The summed E-state index contributed by atoms with van der Waals surface area (Å²) >= 11 is 4.64. The SMILES string of the molecule is CC(=O)Cl.O=C1CN(C(=O)OCc2ccccc2)CO1. The molecule has 108 valence electrons. The van der Waals surface area contributed by atoms with E-state index in [1.54, 1.807) is 0 Å². The fraction of sp³-hybridized carbons (Fsp3) is 0.308. The Morgan fingerprint density at radius 3 is 2.45 bits per heavy atom. The third-order valence-electron chi connectivity index (χ3n) is 2.16. The molecule has 0 unspecified atom stereocenters. The monoisotopic (exact) mass is 299 g/mol. The molecule has 1 saturated heterocycles. The molecule has 0 N–H and O–H groups in total. The van der Waals surface area contributed by atoms with Gasteiger partial charge in [-0.05, 0) is 17.2 Å². The van der Waals surface area contributed by atoms with E-state index in [1.165, 1.54) is 11.8 Å². The van der Waals surface area contributed by atoms with E-state index in [2.05, 4.69) is 16.3 Å². The lowest BCUT2D eigenvalue weighted by molar-refractivity contribution is -0.136. The van der Waals surface area contributed by atoms with Crippen LogP contribution in [0.2, 0.25) is 0 Å². The highest BCUT2D eigenvalue weighted by Gasteiger charge is 2.26. The average Bonchev–Trinajstić information content (AvgIpc) is 2.83. The molecule has 1 aromatic rings. The van der Waals surface area contributed by atoms with E-state index in [0.717, 1.165) is 5.56 Å². The Balaban J connectivity index is 0.000000444. The molecule has 1 aliphatic heterocycles. The molecule has 0 radical (unpaired) electrons. The Kier molecular flexibility index (Phi) is 6.52. The maximum absolute atomic E-state index is 11.4. The normalized spacial score (nSPS) is 13.1. The molecule has 1 aliphatic rings.